The van der Waals surface area contributed by atoms with Crippen molar-refractivity contribution in [2.24, 2.45) is 5.73 Å². The first kappa shape index (κ1) is 17.8. The summed E-state index contributed by atoms with van der Waals surface area (Å²) in [6.07, 6.45) is 0.772. The smallest absolute Gasteiger partial charge is 0.312 e. The first-order chi connectivity index (χ1) is 11.5. The molecule has 2 rings (SSSR count). The van der Waals surface area contributed by atoms with Gasteiger partial charge in [-0.1, -0.05) is 42.8 Å². The molecule has 0 radical (unpaired) electrons. The molecule has 0 aliphatic carbocycles. The molecule has 1 unspecified atom stereocenters. The first-order valence-electron chi connectivity index (χ1n) is 7.68. The predicted octanol–water partition coefficient (Wildman–Crippen LogP) is 3.39. The molecule has 0 saturated carbocycles. The fraction of sp³-hybridized carbons (Fsp3) is 0.222. The fourth-order valence-electron chi connectivity index (χ4n) is 2.32. The van der Waals surface area contributed by atoms with Gasteiger partial charge in [-0.2, -0.15) is 0 Å². The molecule has 0 fully saturated rings. The average molecular weight is 346 g/mol. The van der Waals surface area contributed by atoms with Crippen LogP contribution in [0.4, 0.5) is 4.79 Å². The van der Waals surface area contributed by atoms with Gasteiger partial charge in [-0.3, -0.25) is 4.79 Å². The molecule has 126 valence electrons. The van der Waals surface area contributed by atoms with Crippen LogP contribution in [0.3, 0.4) is 0 Å². The van der Waals surface area contributed by atoms with Crippen molar-refractivity contribution in [3.8, 4) is 0 Å². The van der Waals surface area contributed by atoms with E-state index in [1.54, 1.807) is 24.3 Å². The molecule has 3 amide bonds. The van der Waals surface area contributed by atoms with Crippen LogP contribution in [0, 0.1) is 0 Å². The summed E-state index contributed by atoms with van der Waals surface area (Å²) in [5.74, 6) is -0.147. The highest BCUT2D eigenvalue weighted by molar-refractivity contribution is 6.30. The lowest BCUT2D eigenvalue weighted by molar-refractivity contribution is 0.0935. The van der Waals surface area contributed by atoms with Gasteiger partial charge in [0.05, 0.1) is 6.04 Å². The van der Waals surface area contributed by atoms with Crippen LogP contribution < -0.4 is 16.4 Å². The molecule has 0 heterocycles. The maximum atomic E-state index is 12.4. The van der Waals surface area contributed by atoms with Gasteiger partial charge in [0.15, 0.2) is 0 Å². The summed E-state index contributed by atoms with van der Waals surface area (Å²) in [5, 5.41) is 6.19. The largest absolute Gasteiger partial charge is 0.352 e. The van der Waals surface area contributed by atoms with Gasteiger partial charge in [-0.05, 0) is 41.8 Å². The lowest BCUT2D eigenvalue weighted by atomic mass is 10.0. The lowest BCUT2D eigenvalue weighted by Crippen LogP contribution is -2.29. The Morgan fingerprint density at radius 3 is 2.25 bits per heavy atom. The lowest BCUT2D eigenvalue weighted by Gasteiger charge is -2.17. The highest BCUT2D eigenvalue weighted by Crippen LogP contribution is 2.19. The molecule has 1 atom stereocenters. The quantitative estimate of drug-likeness (QED) is 0.749. The number of hydrogen-bond donors (Lipinski definition) is 3. The molecular formula is C18H20ClN3O2. The van der Waals surface area contributed by atoms with Crippen LogP contribution in [-0.4, -0.2) is 11.9 Å². The van der Waals surface area contributed by atoms with Crippen LogP contribution in [0.1, 0.15) is 40.9 Å². The molecule has 0 bridgehead atoms. The fourth-order valence-corrected chi connectivity index (χ4v) is 2.45. The van der Waals surface area contributed by atoms with E-state index >= 15 is 0 Å². The van der Waals surface area contributed by atoms with Crippen LogP contribution in [0.2, 0.25) is 5.02 Å². The van der Waals surface area contributed by atoms with Gasteiger partial charge in [0.25, 0.3) is 5.91 Å². The third kappa shape index (κ3) is 4.99. The maximum absolute atomic E-state index is 12.4. The first-order valence-corrected chi connectivity index (χ1v) is 8.06. The minimum atomic E-state index is -0.578. The molecule has 2 aromatic rings. The molecule has 0 aromatic heterocycles. The summed E-state index contributed by atoms with van der Waals surface area (Å²) >= 11 is 5.90. The summed E-state index contributed by atoms with van der Waals surface area (Å²) in [6, 6.07) is 13.8. The van der Waals surface area contributed by atoms with E-state index in [0.717, 1.165) is 17.5 Å². The van der Waals surface area contributed by atoms with Crippen LogP contribution in [0.5, 0.6) is 0 Å². The van der Waals surface area contributed by atoms with Crippen molar-refractivity contribution in [2.45, 2.75) is 25.9 Å². The Labute approximate surface area is 146 Å². The summed E-state index contributed by atoms with van der Waals surface area (Å²) in [7, 11) is 0. The molecule has 2 aromatic carbocycles. The molecule has 6 heteroatoms. The number of nitrogens with one attached hydrogen (secondary N) is 2. The molecule has 0 aliphatic heterocycles. The number of hydrogen-bond acceptors (Lipinski definition) is 2. The Kier molecular flexibility index (Phi) is 6.21. The third-order valence-electron chi connectivity index (χ3n) is 3.67. The zero-order valence-corrected chi connectivity index (χ0v) is 14.1. The normalized spacial score (nSPS) is 11.6. The van der Waals surface area contributed by atoms with Crippen LogP contribution in [-0.2, 0) is 6.54 Å². The molecule has 0 spiro atoms. The monoisotopic (exact) mass is 345 g/mol. The number of carbonyl (C=O) groups excluding carboxylic acids is 2. The second-order valence-corrected chi connectivity index (χ2v) is 5.84. The van der Waals surface area contributed by atoms with Crippen molar-refractivity contribution >= 4 is 23.5 Å². The highest BCUT2D eigenvalue weighted by atomic mass is 35.5. The Morgan fingerprint density at radius 2 is 1.71 bits per heavy atom. The van der Waals surface area contributed by atoms with E-state index in [0.29, 0.717) is 17.1 Å². The number of nitrogens with two attached hydrogens (primary N) is 1. The van der Waals surface area contributed by atoms with Crippen LogP contribution in [0.25, 0.3) is 0 Å². The summed E-state index contributed by atoms with van der Waals surface area (Å²) < 4.78 is 0. The van der Waals surface area contributed by atoms with Crippen molar-refractivity contribution in [3.63, 3.8) is 0 Å². The summed E-state index contributed by atoms with van der Waals surface area (Å²) in [4.78, 5) is 23.1. The highest BCUT2D eigenvalue weighted by Gasteiger charge is 2.14. The Balaban J connectivity index is 2.02. The minimum absolute atomic E-state index is 0.0778. The molecule has 0 aliphatic rings. The average Bonchev–Trinajstić information content (AvgIpc) is 2.59. The zero-order chi connectivity index (χ0) is 17.5. The number of primary amides is 1. The second kappa shape index (κ2) is 8.36. The number of urea groups is 1. The number of amides is 3. The Morgan fingerprint density at radius 1 is 1.08 bits per heavy atom. The zero-order valence-electron chi connectivity index (χ0n) is 13.4. The summed E-state index contributed by atoms with van der Waals surface area (Å²) in [6.45, 7) is 2.34. The maximum Gasteiger partial charge on any atom is 0.312 e. The van der Waals surface area contributed by atoms with Gasteiger partial charge in [0.2, 0.25) is 0 Å². The van der Waals surface area contributed by atoms with Crippen LogP contribution in [0.15, 0.2) is 48.5 Å². The van der Waals surface area contributed by atoms with E-state index in [1.165, 1.54) is 0 Å². The van der Waals surface area contributed by atoms with Crippen molar-refractivity contribution < 1.29 is 9.59 Å². The third-order valence-corrected chi connectivity index (χ3v) is 3.92. The van der Waals surface area contributed by atoms with Gasteiger partial charge in [-0.25, -0.2) is 4.79 Å². The second-order valence-electron chi connectivity index (χ2n) is 5.40. The van der Waals surface area contributed by atoms with Gasteiger partial charge < -0.3 is 16.4 Å². The van der Waals surface area contributed by atoms with E-state index in [1.807, 2.05) is 31.2 Å². The topological polar surface area (TPSA) is 84.2 Å². The molecule has 24 heavy (non-hydrogen) atoms. The minimum Gasteiger partial charge on any atom is -0.352 e. The molecule has 4 N–H and O–H groups in total. The molecule has 5 nitrogen and oxygen atoms in total. The molecule has 0 saturated heterocycles. The van der Waals surface area contributed by atoms with E-state index in [4.69, 9.17) is 17.3 Å². The van der Waals surface area contributed by atoms with E-state index in [9.17, 15) is 9.59 Å². The SMILES string of the molecule is CCC(NC(=O)c1ccc(CNC(N)=O)cc1)c1ccc(Cl)cc1. The number of rotatable bonds is 6. The predicted molar refractivity (Wildman–Crippen MR) is 94.8 cm³/mol. The van der Waals surface area contributed by atoms with Gasteiger partial charge in [0.1, 0.15) is 0 Å². The van der Waals surface area contributed by atoms with E-state index < -0.39 is 6.03 Å². The molecular weight excluding hydrogens is 326 g/mol. The van der Waals surface area contributed by atoms with Gasteiger partial charge >= 0.3 is 6.03 Å². The number of benzene rings is 2. The van der Waals surface area contributed by atoms with Gasteiger partial charge in [-0.15, -0.1) is 0 Å². The summed E-state index contributed by atoms with van der Waals surface area (Å²) in [5.41, 5.74) is 7.47. The Bertz CT molecular complexity index is 699. The van der Waals surface area contributed by atoms with E-state index in [-0.39, 0.29) is 11.9 Å². The number of halogens is 1. The van der Waals surface area contributed by atoms with Crippen molar-refractivity contribution in [1.82, 2.24) is 10.6 Å². The van der Waals surface area contributed by atoms with E-state index in [2.05, 4.69) is 10.6 Å². The van der Waals surface area contributed by atoms with Crippen molar-refractivity contribution in [3.05, 3.63) is 70.2 Å². The Hall–Kier alpha value is -2.53. The number of carbonyl (C=O) groups is 2. The van der Waals surface area contributed by atoms with Crippen molar-refractivity contribution in [2.75, 3.05) is 0 Å². The van der Waals surface area contributed by atoms with Crippen molar-refractivity contribution in [1.29, 1.82) is 0 Å². The van der Waals surface area contributed by atoms with Crippen LogP contribution >= 0.6 is 11.6 Å². The standard InChI is InChI=1S/C18H20ClN3O2/c1-2-16(13-7-9-15(19)10-8-13)22-17(23)14-5-3-12(4-6-14)11-21-18(20)24/h3-10,16H,2,11H2,1H3,(H,22,23)(H3,20,21,24). The van der Waals surface area contributed by atoms with Gasteiger partial charge in [0, 0.05) is 17.1 Å².